The molecule has 0 heterocycles. The summed E-state index contributed by atoms with van der Waals surface area (Å²) in [6.07, 6.45) is 2.79. The molecule has 1 rings (SSSR count). The van der Waals surface area contributed by atoms with Crippen molar-refractivity contribution in [2.45, 2.75) is 11.2 Å². The molecule has 0 saturated carbocycles. The van der Waals surface area contributed by atoms with Gasteiger partial charge in [0, 0.05) is 0 Å². The summed E-state index contributed by atoms with van der Waals surface area (Å²) in [5.41, 5.74) is 0. The molecule has 2 heteroatoms. The Bertz CT molecular complexity index is 246. The number of allylic oxidation sites excluding steroid dienone is 1. The number of rotatable bonds is 5. The van der Waals surface area contributed by atoms with Crippen LogP contribution in [0.3, 0.4) is 0 Å². The Labute approximate surface area is 85.6 Å². The summed E-state index contributed by atoms with van der Waals surface area (Å²) in [5, 5.41) is 9.09. The van der Waals surface area contributed by atoms with Gasteiger partial charge in [0.15, 0.2) is 0 Å². The van der Waals surface area contributed by atoms with E-state index in [4.69, 9.17) is 5.11 Å². The molecule has 0 aliphatic heterocycles. The Morgan fingerprint density at radius 1 is 1.38 bits per heavy atom. The molecule has 0 aromatic heterocycles. The van der Waals surface area contributed by atoms with Crippen LogP contribution in [-0.4, -0.2) is 26.7 Å². The fourth-order valence-corrected chi connectivity index (χ4v) is 3.15. The molecule has 0 saturated heterocycles. The Hall–Kier alpha value is -0.561. The number of benzene rings is 1. The van der Waals surface area contributed by atoms with Crippen molar-refractivity contribution in [3.8, 4) is 0 Å². The van der Waals surface area contributed by atoms with Crippen molar-refractivity contribution < 1.29 is 5.11 Å². The second-order valence-electron chi connectivity index (χ2n) is 2.76. The molecule has 0 spiro atoms. The maximum absolute atomic E-state index is 9.09. The van der Waals surface area contributed by atoms with Crippen LogP contribution >= 0.6 is 0 Å². The topological polar surface area (TPSA) is 20.2 Å². The zero-order chi connectivity index (χ0) is 9.52. The first kappa shape index (κ1) is 10.5. The second-order valence-corrected chi connectivity index (χ2v) is 5.64. The summed E-state index contributed by atoms with van der Waals surface area (Å²) in [6, 6.07) is 10.3. The Balaban J connectivity index is 2.51. The fraction of sp³-hybridized carbons (Fsp3) is 0.273. The molecule has 1 aromatic carbocycles. The van der Waals surface area contributed by atoms with E-state index < -0.39 is 0 Å². The first-order chi connectivity index (χ1) is 6.36. The van der Waals surface area contributed by atoms with E-state index in [2.05, 4.69) is 18.7 Å². The third kappa shape index (κ3) is 3.77. The van der Waals surface area contributed by atoms with Crippen molar-refractivity contribution in [3.63, 3.8) is 0 Å². The number of hydrogen-bond donors (Lipinski definition) is 1. The molecule has 1 aromatic rings. The standard InChI is InChI=1S/C11H14OSe/c1-2-6-11(9-12)13-10-7-4-3-5-8-10/h2-5,7-8,11-12H,1,6,9H2/t11-/m0/s1. The van der Waals surface area contributed by atoms with Crippen LogP contribution in [0.15, 0.2) is 43.0 Å². The van der Waals surface area contributed by atoms with E-state index in [1.54, 1.807) is 0 Å². The van der Waals surface area contributed by atoms with E-state index in [-0.39, 0.29) is 6.61 Å². The van der Waals surface area contributed by atoms with E-state index in [0.717, 1.165) is 6.42 Å². The summed E-state index contributed by atoms with van der Waals surface area (Å²) < 4.78 is 1.34. The van der Waals surface area contributed by atoms with E-state index in [9.17, 15) is 0 Å². The van der Waals surface area contributed by atoms with Crippen LogP contribution in [0, 0.1) is 0 Å². The summed E-state index contributed by atoms with van der Waals surface area (Å²) in [6.45, 7) is 3.95. The molecule has 1 N–H and O–H groups in total. The van der Waals surface area contributed by atoms with Crippen LogP contribution in [-0.2, 0) is 0 Å². The van der Waals surface area contributed by atoms with E-state index >= 15 is 0 Å². The molecular weight excluding hydrogens is 227 g/mol. The van der Waals surface area contributed by atoms with Crippen LogP contribution in [0.2, 0.25) is 4.82 Å². The van der Waals surface area contributed by atoms with E-state index in [0.29, 0.717) is 19.8 Å². The molecule has 0 aliphatic rings. The van der Waals surface area contributed by atoms with Crippen molar-refractivity contribution in [3.05, 3.63) is 43.0 Å². The van der Waals surface area contributed by atoms with Crippen molar-refractivity contribution in [1.29, 1.82) is 0 Å². The van der Waals surface area contributed by atoms with Crippen molar-refractivity contribution >= 4 is 19.4 Å². The first-order valence-corrected chi connectivity index (χ1v) is 6.15. The normalized spacial score (nSPS) is 12.4. The predicted octanol–water partition coefficient (Wildman–Crippen LogP) is 1.37. The van der Waals surface area contributed by atoms with Gasteiger partial charge in [-0.3, -0.25) is 0 Å². The first-order valence-electron chi connectivity index (χ1n) is 4.30. The fourth-order valence-electron chi connectivity index (χ4n) is 1.04. The molecule has 0 amide bonds. The number of aliphatic hydroxyl groups excluding tert-OH is 1. The van der Waals surface area contributed by atoms with E-state index in [1.807, 2.05) is 24.3 Å². The van der Waals surface area contributed by atoms with Gasteiger partial charge in [-0.05, 0) is 0 Å². The zero-order valence-electron chi connectivity index (χ0n) is 7.52. The molecule has 0 aliphatic carbocycles. The van der Waals surface area contributed by atoms with Gasteiger partial charge in [-0.1, -0.05) is 0 Å². The van der Waals surface area contributed by atoms with Crippen LogP contribution in [0.4, 0.5) is 0 Å². The summed E-state index contributed by atoms with van der Waals surface area (Å²) >= 11 is 0.365. The van der Waals surface area contributed by atoms with Gasteiger partial charge in [-0.15, -0.1) is 0 Å². The molecule has 70 valence electrons. The van der Waals surface area contributed by atoms with Crippen molar-refractivity contribution in [2.24, 2.45) is 0 Å². The molecule has 0 radical (unpaired) electrons. The monoisotopic (exact) mass is 242 g/mol. The summed E-state index contributed by atoms with van der Waals surface area (Å²) in [5.74, 6) is 0. The van der Waals surface area contributed by atoms with Gasteiger partial charge in [0.25, 0.3) is 0 Å². The van der Waals surface area contributed by atoms with Crippen LogP contribution in [0.25, 0.3) is 0 Å². The maximum atomic E-state index is 9.09. The van der Waals surface area contributed by atoms with Crippen LogP contribution < -0.4 is 4.46 Å². The molecule has 1 nitrogen and oxygen atoms in total. The van der Waals surface area contributed by atoms with Gasteiger partial charge in [-0.2, -0.15) is 0 Å². The van der Waals surface area contributed by atoms with Gasteiger partial charge < -0.3 is 0 Å². The Morgan fingerprint density at radius 3 is 2.62 bits per heavy atom. The minimum absolute atomic E-state index is 0.265. The third-order valence-corrected chi connectivity index (χ3v) is 4.24. The van der Waals surface area contributed by atoms with Crippen LogP contribution in [0.1, 0.15) is 6.42 Å². The predicted molar refractivity (Wildman–Crippen MR) is 57.5 cm³/mol. The molecule has 0 fully saturated rings. The molecule has 0 bridgehead atoms. The minimum atomic E-state index is 0.265. The molecule has 13 heavy (non-hydrogen) atoms. The summed E-state index contributed by atoms with van der Waals surface area (Å²) in [7, 11) is 0. The van der Waals surface area contributed by atoms with Crippen molar-refractivity contribution in [1.82, 2.24) is 0 Å². The molecular formula is C11H14OSe. The molecule has 0 unspecified atom stereocenters. The quantitative estimate of drug-likeness (QED) is 0.610. The van der Waals surface area contributed by atoms with E-state index in [1.165, 1.54) is 4.46 Å². The number of aliphatic hydroxyl groups is 1. The average Bonchev–Trinajstić information content (AvgIpc) is 2.19. The average molecular weight is 241 g/mol. The SMILES string of the molecule is C=CC[C@@H](CO)[Se]c1ccccc1. The summed E-state index contributed by atoms with van der Waals surface area (Å²) in [4.78, 5) is 0.382. The Kier molecular flexibility index (Phi) is 4.84. The Morgan fingerprint density at radius 2 is 2.08 bits per heavy atom. The van der Waals surface area contributed by atoms with Gasteiger partial charge in [0.1, 0.15) is 0 Å². The van der Waals surface area contributed by atoms with Gasteiger partial charge in [-0.25, -0.2) is 0 Å². The van der Waals surface area contributed by atoms with Gasteiger partial charge >= 0.3 is 85.4 Å². The molecule has 1 atom stereocenters. The van der Waals surface area contributed by atoms with Crippen LogP contribution in [0.5, 0.6) is 0 Å². The van der Waals surface area contributed by atoms with Gasteiger partial charge in [0.2, 0.25) is 0 Å². The second kappa shape index (κ2) is 5.98. The number of hydrogen-bond acceptors (Lipinski definition) is 1. The zero-order valence-corrected chi connectivity index (χ0v) is 9.23. The third-order valence-electron chi connectivity index (χ3n) is 1.68. The van der Waals surface area contributed by atoms with Gasteiger partial charge in [0.05, 0.1) is 0 Å². The van der Waals surface area contributed by atoms with Crippen molar-refractivity contribution in [2.75, 3.05) is 6.61 Å².